The molecular weight excluding hydrogens is 218 g/mol. The van der Waals surface area contributed by atoms with Crippen molar-refractivity contribution in [1.29, 1.82) is 0 Å². The molecule has 1 unspecified atom stereocenters. The summed E-state index contributed by atoms with van der Waals surface area (Å²) in [6, 6.07) is 7.49. The van der Waals surface area contributed by atoms with Crippen molar-refractivity contribution >= 4 is 0 Å². The topological polar surface area (TPSA) is 61.7 Å². The zero-order chi connectivity index (χ0) is 12.5. The highest BCUT2D eigenvalue weighted by Crippen LogP contribution is 2.25. The number of aliphatic hydroxyl groups is 1. The van der Waals surface area contributed by atoms with Gasteiger partial charge in [-0.2, -0.15) is 0 Å². The first kappa shape index (κ1) is 14.0. The third-order valence-corrected chi connectivity index (χ3v) is 2.59. The maximum absolute atomic E-state index is 9.75. The molecule has 0 aromatic heterocycles. The number of para-hydroxylation sites is 1. The normalized spacial score (nSPS) is 12.6. The van der Waals surface area contributed by atoms with E-state index in [2.05, 4.69) is 12.2 Å². The Morgan fingerprint density at radius 2 is 2.06 bits per heavy atom. The third-order valence-electron chi connectivity index (χ3n) is 2.59. The average molecular weight is 239 g/mol. The van der Waals surface area contributed by atoms with Gasteiger partial charge in [-0.05, 0) is 12.5 Å². The predicted molar refractivity (Wildman–Crippen MR) is 67.0 cm³/mol. The summed E-state index contributed by atoms with van der Waals surface area (Å²) in [5.41, 5.74) is 0.914. The first-order valence-electron chi connectivity index (χ1n) is 5.99. The summed E-state index contributed by atoms with van der Waals surface area (Å²) in [4.78, 5) is 0. The summed E-state index contributed by atoms with van der Waals surface area (Å²) in [7, 11) is 0. The molecule has 1 atom stereocenters. The Bertz CT molecular complexity index is 317. The smallest absolute Gasteiger partial charge is 0.120 e. The minimum absolute atomic E-state index is 0.0523. The highest BCUT2D eigenvalue weighted by atomic mass is 16.5. The molecule has 4 heteroatoms. The number of aromatic hydroxyl groups is 1. The average Bonchev–Trinajstić information content (AvgIpc) is 2.35. The van der Waals surface area contributed by atoms with Crippen LogP contribution in [-0.2, 0) is 4.74 Å². The summed E-state index contributed by atoms with van der Waals surface area (Å²) in [5, 5.41) is 21.6. The van der Waals surface area contributed by atoms with Crippen LogP contribution < -0.4 is 5.32 Å². The van der Waals surface area contributed by atoms with Crippen molar-refractivity contribution in [2.24, 2.45) is 0 Å². The quantitative estimate of drug-likeness (QED) is 0.601. The van der Waals surface area contributed by atoms with Gasteiger partial charge in [-0.1, -0.05) is 25.1 Å². The van der Waals surface area contributed by atoms with E-state index in [0.29, 0.717) is 25.5 Å². The van der Waals surface area contributed by atoms with Crippen LogP contribution >= 0.6 is 0 Å². The van der Waals surface area contributed by atoms with E-state index in [9.17, 15) is 5.11 Å². The fourth-order valence-corrected chi connectivity index (χ4v) is 1.73. The molecule has 1 rings (SSSR count). The van der Waals surface area contributed by atoms with Crippen LogP contribution in [0.3, 0.4) is 0 Å². The molecule has 1 aromatic carbocycles. The van der Waals surface area contributed by atoms with Gasteiger partial charge in [-0.15, -0.1) is 0 Å². The van der Waals surface area contributed by atoms with Crippen LogP contribution in [0, 0.1) is 0 Å². The molecule has 0 heterocycles. The number of phenols is 1. The second-order valence-electron chi connectivity index (χ2n) is 3.81. The van der Waals surface area contributed by atoms with Gasteiger partial charge >= 0.3 is 0 Å². The van der Waals surface area contributed by atoms with Gasteiger partial charge in [0, 0.05) is 18.2 Å². The molecule has 96 valence electrons. The number of hydrogen-bond donors (Lipinski definition) is 3. The summed E-state index contributed by atoms with van der Waals surface area (Å²) in [5.74, 6) is 0.322. The molecule has 0 fully saturated rings. The van der Waals surface area contributed by atoms with Crippen LogP contribution in [-0.4, -0.2) is 36.6 Å². The van der Waals surface area contributed by atoms with E-state index < -0.39 is 0 Å². The van der Waals surface area contributed by atoms with Crippen molar-refractivity contribution in [2.75, 3.05) is 26.4 Å². The number of phenolic OH excluding ortho intramolecular Hbond substituents is 1. The molecule has 0 aliphatic rings. The van der Waals surface area contributed by atoms with Gasteiger partial charge in [0.1, 0.15) is 5.75 Å². The Hall–Kier alpha value is -1.10. The first-order valence-corrected chi connectivity index (χ1v) is 5.99. The molecule has 0 saturated carbocycles. The molecule has 1 aromatic rings. The lowest BCUT2D eigenvalue weighted by atomic mass is 10.0. The fraction of sp³-hybridized carbons (Fsp3) is 0.538. The van der Waals surface area contributed by atoms with Gasteiger partial charge in [0.15, 0.2) is 0 Å². The molecule has 0 amide bonds. The Balaban J connectivity index is 2.41. The second kappa shape index (κ2) is 8.06. The molecule has 0 bridgehead atoms. The van der Waals surface area contributed by atoms with Crippen LogP contribution in [0.2, 0.25) is 0 Å². The minimum Gasteiger partial charge on any atom is -0.508 e. The zero-order valence-corrected chi connectivity index (χ0v) is 10.2. The summed E-state index contributed by atoms with van der Waals surface area (Å²) >= 11 is 0. The Morgan fingerprint density at radius 1 is 1.29 bits per heavy atom. The van der Waals surface area contributed by atoms with Gasteiger partial charge in [0.2, 0.25) is 0 Å². The van der Waals surface area contributed by atoms with Gasteiger partial charge in [-0.3, -0.25) is 0 Å². The lowest BCUT2D eigenvalue weighted by Gasteiger charge is -2.18. The van der Waals surface area contributed by atoms with Crippen molar-refractivity contribution in [3.8, 4) is 5.75 Å². The van der Waals surface area contributed by atoms with Gasteiger partial charge in [0.05, 0.1) is 19.8 Å². The van der Waals surface area contributed by atoms with Gasteiger partial charge < -0.3 is 20.3 Å². The van der Waals surface area contributed by atoms with E-state index in [1.807, 2.05) is 18.2 Å². The van der Waals surface area contributed by atoms with Crippen molar-refractivity contribution in [2.45, 2.75) is 19.4 Å². The van der Waals surface area contributed by atoms with E-state index in [1.165, 1.54) is 0 Å². The standard InChI is InChI=1S/C13H21NO3/c1-2-12(14-7-9-17-10-8-15)11-5-3-4-6-13(11)16/h3-6,12,14-16H,2,7-10H2,1H3. The molecule has 17 heavy (non-hydrogen) atoms. The maximum atomic E-state index is 9.75. The van der Waals surface area contributed by atoms with Crippen LogP contribution in [0.5, 0.6) is 5.75 Å². The highest BCUT2D eigenvalue weighted by Gasteiger charge is 2.11. The summed E-state index contributed by atoms with van der Waals surface area (Å²) < 4.78 is 5.17. The number of ether oxygens (including phenoxy) is 1. The molecule has 0 aliphatic carbocycles. The SMILES string of the molecule is CCC(NCCOCCO)c1ccccc1O. The molecule has 4 nitrogen and oxygen atoms in total. The van der Waals surface area contributed by atoms with Crippen LogP contribution in [0.15, 0.2) is 24.3 Å². The molecule has 0 saturated heterocycles. The Labute approximate surface area is 102 Å². The first-order chi connectivity index (χ1) is 8.29. The molecule has 3 N–H and O–H groups in total. The lowest BCUT2D eigenvalue weighted by molar-refractivity contribution is 0.0924. The van der Waals surface area contributed by atoms with Crippen LogP contribution in [0.4, 0.5) is 0 Å². The van der Waals surface area contributed by atoms with Crippen LogP contribution in [0.25, 0.3) is 0 Å². The van der Waals surface area contributed by atoms with Crippen molar-refractivity contribution in [3.63, 3.8) is 0 Å². The monoisotopic (exact) mass is 239 g/mol. The third kappa shape index (κ3) is 4.73. The molecule has 0 spiro atoms. The van der Waals surface area contributed by atoms with Crippen molar-refractivity contribution in [1.82, 2.24) is 5.32 Å². The second-order valence-corrected chi connectivity index (χ2v) is 3.81. The fourth-order valence-electron chi connectivity index (χ4n) is 1.73. The van der Waals surface area contributed by atoms with E-state index in [-0.39, 0.29) is 12.6 Å². The number of hydrogen-bond acceptors (Lipinski definition) is 4. The lowest BCUT2D eigenvalue weighted by Crippen LogP contribution is -2.25. The summed E-state index contributed by atoms with van der Waals surface area (Å²) in [6.45, 7) is 3.75. The number of rotatable bonds is 8. The van der Waals surface area contributed by atoms with E-state index in [4.69, 9.17) is 9.84 Å². The Kier molecular flexibility index (Phi) is 6.62. The minimum atomic E-state index is 0.0523. The number of aliphatic hydroxyl groups excluding tert-OH is 1. The highest BCUT2D eigenvalue weighted by molar-refractivity contribution is 5.34. The number of benzene rings is 1. The number of nitrogens with one attached hydrogen (secondary N) is 1. The zero-order valence-electron chi connectivity index (χ0n) is 10.2. The van der Waals surface area contributed by atoms with Crippen LogP contribution in [0.1, 0.15) is 24.9 Å². The molecule has 0 radical (unpaired) electrons. The van der Waals surface area contributed by atoms with E-state index in [0.717, 1.165) is 12.0 Å². The van der Waals surface area contributed by atoms with E-state index >= 15 is 0 Å². The maximum Gasteiger partial charge on any atom is 0.120 e. The van der Waals surface area contributed by atoms with E-state index in [1.54, 1.807) is 6.07 Å². The molecular formula is C13H21NO3. The summed E-state index contributed by atoms with van der Waals surface area (Å²) in [6.07, 6.45) is 0.900. The molecule has 0 aliphatic heterocycles. The Morgan fingerprint density at radius 3 is 2.71 bits per heavy atom. The van der Waals surface area contributed by atoms with Gasteiger partial charge in [0.25, 0.3) is 0 Å². The largest absolute Gasteiger partial charge is 0.508 e. The van der Waals surface area contributed by atoms with Crippen molar-refractivity contribution < 1.29 is 14.9 Å². The predicted octanol–water partition coefficient (Wildman–Crippen LogP) is 1.44. The van der Waals surface area contributed by atoms with Crippen molar-refractivity contribution in [3.05, 3.63) is 29.8 Å². The van der Waals surface area contributed by atoms with Gasteiger partial charge in [-0.25, -0.2) is 0 Å².